The molecule has 3 aromatic carbocycles. The number of aromatic nitrogens is 2. The maximum Gasteiger partial charge on any atom is 0.0763 e. The Labute approximate surface area is 176 Å². The summed E-state index contributed by atoms with van der Waals surface area (Å²) in [6.07, 6.45) is 2.38. The van der Waals surface area contributed by atoms with Gasteiger partial charge in [0.25, 0.3) is 0 Å². The highest BCUT2D eigenvalue weighted by molar-refractivity contribution is 6.13. The lowest BCUT2D eigenvalue weighted by Gasteiger charge is -2.35. The Morgan fingerprint density at radius 2 is 1.20 bits per heavy atom. The number of para-hydroxylation sites is 3. The van der Waals surface area contributed by atoms with Crippen LogP contribution in [0.5, 0.6) is 0 Å². The van der Waals surface area contributed by atoms with E-state index >= 15 is 0 Å². The van der Waals surface area contributed by atoms with Crippen LogP contribution in [-0.2, 0) is 10.8 Å². The minimum absolute atomic E-state index is 0.0172. The van der Waals surface area contributed by atoms with Crippen LogP contribution in [0, 0.1) is 0 Å². The first-order valence-electron chi connectivity index (χ1n) is 10.8. The van der Waals surface area contributed by atoms with Gasteiger partial charge in [0, 0.05) is 33.5 Å². The molecule has 4 heterocycles. The normalized spacial score (nSPS) is 17.2. The molecule has 0 radical (unpaired) electrons. The van der Waals surface area contributed by atoms with E-state index in [2.05, 4.69) is 110 Å². The molecule has 0 fully saturated rings. The van der Waals surface area contributed by atoms with Gasteiger partial charge in [-0.25, -0.2) is 0 Å². The van der Waals surface area contributed by atoms with E-state index in [0.29, 0.717) is 0 Å². The second kappa shape index (κ2) is 4.89. The van der Waals surface area contributed by atoms with E-state index in [1.165, 1.54) is 55.6 Å². The lowest BCUT2D eigenvalue weighted by atomic mass is 9.75. The van der Waals surface area contributed by atoms with Crippen LogP contribution < -0.4 is 0 Å². The summed E-state index contributed by atoms with van der Waals surface area (Å²) in [5.41, 5.74) is 10.9. The van der Waals surface area contributed by atoms with Gasteiger partial charge in [-0.2, -0.15) is 0 Å². The van der Waals surface area contributed by atoms with Gasteiger partial charge < -0.3 is 9.13 Å². The molecule has 0 spiro atoms. The van der Waals surface area contributed by atoms with Crippen molar-refractivity contribution in [1.29, 1.82) is 0 Å². The summed E-state index contributed by atoms with van der Waals surface area (Å²) in [5.74, 6) is 0. The Morgan fingerprint density at radius 3 is 1.97 bits per heavy atom. The van der Waals surface area contributed by atoms with Crippen LogP contribution in [-0.4, -0.2) is 9.13 Å². The molecule has 0 saturated carbocycles. The third-order valence-electron chi connectivity index (χ3n) is 7.67. The Hall–Kier alpha value is -3.26. The number of hydrogen-bond donors (Lipinski definition) is 0. The van der Waals surface area contributed by atoms with Gasteiger partial charge in [-0.1, -0.05) is 82.3 Å². The predicted octanol–water partition coefficient (Wildman–Crippen LogP) is 6.85. The second-order valence-corrected chi connectivity index (χ2v) is 9.93. The maximum absolute atomic E-state index is 2.56. The van der Waals surface area contributed by atoms with Crippen LogP contribution in [0.25, 0.3) is 33.2 Å². The Balaban J connectivity index is 1.75. The van der Waals surface area contributed by atoms with Crippen molar-refractivity contribution in [3.05, 3.63) is 95.3 Å². The summed E-state index contributed by atoms with van der Waals surface area (Å²) in [5, 5.41) is 2.72. The molecule has 5 aromatic rings. The van der Waals surface area contributed by atoms with E-state index < -0.39 is 0 Å². The molecule has 30 heavy (non-hydrogen) atoms. The van der Waals surface area contributed by atoms with Crippen molar-refractivity contribution in [2.75, 3.05) is 0 Å². The lowest BCUT2D eigenvalue weighted by Crippen LogP contribution is -2.26. The first-order chi connectivity index (χ1) is 14.4. The molecule has 146 valence electrons. The van der Waals surface area contributed by atoms with E-state index in [4.69, 9.17) is 0 Å². The van der Waals surface area contributed by atoms with Crippen molar-refractivity contribution in [3.8, 4) is 11.4 Å². The summed E-state index contributed by atoms with van der Waals surface area (Å²) >= 11 is 0. The zero-order valence-corrected chi connectivity index (χ0v) is 17.8. The zero-order chi connectivity index (χ0) is 20.4. The van der Waals surface area contributed by atoms with Gasteiger partial charge in [-0.3, -0.25) is 0 Å². The third kappa shape index (κ3) is 1.62. The smallest absolute Gasteiger partial charge is 0.0763 e. The molecular weight excluding hydrogens is 364 g/mol. The topological polar surface area (TPSA) is 9.86 Å². The fourth-order valence-electron chi connectivity index (χ4n) is 6.25. The van der Waals surface area contributed by atoms with E-state index in [1.54, 1.807) is 0 Å². The SMILES string of the molecule is CC1(C)c2ccccc2-n2c3c1cccc3c1cn3c(c12)C(C)(C)c1ccccc1-3. The van der Waals surface area contributed by atoms with Gasteiger partial charge in [-0.05, 0) is 28.8 Å². The van der Waals surface area contributed by atoms with Crippen LogP contribution in [0.15, 0.2) is 72.9 Å². The monoisotopic (exact) mass is 388 g/mol. The number of rotatable bonds is 0. The predicted molar refractivity (Wildman–Crippen MR) is 124 cm³/mol. The van der Waals surface area contributed by atoms with Crippen LogP contribution in [0.1, 0.15) is 50.1 Å². The Bertz CT molecular complexity index is 1540. The van der Waals surface area contributed by atoms with E-state index in [-0.39, 0.29) is 10.8 Å². The molecule has 0 N–H and O–H groups in total. The molecule has 0 amide bonds. The highest BCUT2D eigenvalue weighted by Crippen LogP contribution is 2.53. The van der Waals surface area contributed by atoms with Gasteiger partial charge in [0.05, 0.1) is 22.4 Å². The van der Waals surface area contributed by atoms with E-state index in [9.17, 15) is 0 Å². The van der Waals surface area contributed by atoms with E-state index in [1.807, 2.05) is 0 Å². The fraction of sp³-hybridized carbons (Fsp3) is 0.214. The average molecular weight is 389 g/mol. The molecule has 2 nitrogen and oxygen atoms in total. The molecule has 2 aliphatic heterocycles. The standard InChI is InChI=1S/C28H24N2/c1-27(2)20-12-6-8-15-23(20)30-24-17(10-9-13-21(24)27)18-16-29-22-14-7-5-11-19(22)28(3,4)26(29)25(18)30/h5-16H,1-4H3. The van der Waals surface area contributed by atoms with Gasteiger partial charge >= 0.3 is 0 Å². The lowest BCUT2D eigenvalue weighted by molar-refractivity contribution is 0.626. The molecule has 2 heteroatoms. The van der Waals surface area contributed by atoms with Crippen LogP contribution in [0.4, 0.5) is 0 Å². The second-order valence-electron chi connectivity index (χ2n) is 9.93. The minimum atomic E-state index is -0.0473. The van der Waals surface area contributed by atoms with Crippen molar-refractivity contribution >= 4 is 21.8 Å². The molecule has 2 aliphatic rings. The van der Waals surface area contributed by atoms with Gasteiger partial charge in [0.1, 0.15) is 0 Å². The highest BCUT2D eigenvalue weighted by atomic mass is 15.1. The Kier molecular flexibility index (Phi) is 2.70. The Morgan fingerprint density at radius 1 is 0.567 bits per heavy atom. The minimum Gasteiger partial charge on any atom is -0.317 e. The molecule has 0 saturated heterocycles. The van der Waals surface area contributed by atoms with Crippen LogP contribution in [0.2, 0.25) is 0 Å². The first kappa shape index (κ1) is 16.5. The number of fused-ring (bicyclic) bond motifs is 9. The number of nitrogens with zero attached hydrogens (tertiary/aromatic N) is 2. The van der Waals surface area contributed by atoms with Crippen LogP contribution in [0.3, 0.4) is 0 Å². The van der Waals surface area contributed by atoms with Crippen LogP contribution >= 0.6 is 0 Å². The van der Waals surface area contributed by atoms with Crippen molar-refractivity contribution in [1.82, 2.24) is 9.13 Å². The van der Waals surface area contributed by atoms with Crippen molar-refractivity contribution < 1.29 is 0 Å². The fourth-order valence-corrected chi connectivity index (χ4v) is 6.25. The highest BCUT2D eigenvalue weighted by Gasteiger charge is 2.42. The van der Waals surface area contributed by atoms with Crippen molar-refractivity contribution in [3.63, 3.8) is 0 Å². The molecule has 0 bridgehead atoms. The van der Waals surface area contributed by atoms with E-state index in [0.717, 1.165) is 0 Å². The van der Waals surface area contributed by atoms with Crippen molar-refractivity contribution in [2.24, 2.45) is 0 Å². The molecular formula is C28H24N2. The number of hydrogen-bond acceptors (Lipinski definition) is 0. The molecule has 0 atom stereocenters. The summed E-state index contributed by atoms with van der Waals surface area (Å²) in [6, 6.07) is 24.7. The molecule has 0 unspecified atom stereocenters. The number of benzene rings is 3. The maximum atomic E-state index is 2.56. The summed E-state index contributed by atoms with van der Waals surface area (Å²) in [4.78, 5) is 0. The zero-order valence-electron chi connectivity index (χ0n) is 17.8. The first-order valence-corrected chi connectivity index (χ1v) is 10.8. The molecule has 7 rings (SSSR count). The average Bonchev–Trinajstić information content (AvgIpc) is 3.34. The third-order valence-corrected chi connectivity index (χ3v) is 7.67. The summed E-state index contributed by atoms with van der Waals surface area (Å²) < 4.78 is 5.00. The van der Waals surface area contributed by atoms with Gasteiger partial charge in [-0.15, -0.1) is 0 Å². The molecule has 2 aromatic heterocycles. The van der Waals surface area contributed by atoms with Gasteiger partial charge in [0.15, 0.2) is 0 Å². The quantitative estimate of drug-likeness (QED) is 0.274. The largest absolute Gasteiger partial charge is 0.317 e. The van der Waals surface area contributed by atoms with Crippen molar-refractivity contribution in [2.45, 2.75) is 38.5 Å². The summed E-state index contributed by atoms with van der Waals surface area (Å²) in [6.45, 7) is 9.46. The molecule has 0 aliphatic carbocycles. The van der Waals surface area contributed by atoms with Gasteiger partial charge in [0.2, 0.25) is 0 Å². The summed E-state index contributed by atoms with van der Waals surface area (Å²) in [7, 11) is 0.